The van der Waals surface area contributed by atoms with Crippen molar-refractivity contribution in [3.05, 3.63) is 59.2 Å². The zero-order chi connectivity index (χ0) is 22.5. The largest absolute Gasteiger partial charge is 0.534 e. The van der Waals surface area contributed by atoms with Gasteiger partial charge in [-0.15, -0.1) is 0 Å². The number of carbonyl (C=O) groups is 1. The molecule has 160 valence electrons. The summed E-state index contributed by atoms with van der Waals surface area (Å²) >= 11 is 0. The van der Waals surface area contributed by atoms with Crippen LogP contribution >= 0.6 is 0 Å². The van der Waals surface area contributed by atoms with E-state index in [2.05, 4.69) is 9.50 Å². The van der Waals surface area contributed by atoms with Gasteiger partial charge in [0.1, 0.15) is 5.75 Å². The summed E-state index contributed by atoms with van der Waals surface area (Å²) in [5.41, 5.74) is -4.30. The number of rotatable bonds is 7. The molecule has 0 heterocycles. The molecule has 2 rings (SSSR count). The van der Waals surface area contributed by atoms with Crippen LogP contribution in [0, 0.1) is 18.3 Å². The normalized spacial score (nSPS) is 12.5. The molecule has 7 nitrogen and oxygen atoms in total. The Bertz CT molecular complexity index is 1060. The van der Waals surface area contributed by atoms with Crippen molar-refractivity contribution in [1.82, 2.24) is 0 Å². The van der Waals surface area contributed by atoms with Gasteiger partial charge >= 0.3 is 21.6 Å². The Morgan fingerprint density at radius 3 is 2.37 bits per heavy atom. The molecule has 0 fully saturated rings. The Kier molecular flexibility index (Phi) is 6.94. The van der Waals surface area contributed by atoms with Crippen LogP contribution in [-0.2, 0) is 19.6 Å². The molecule has 0 aliphatic rings. The molecule has 1 atom stereocenters. The first kappa shape index (κ1) is 23.0. The number of nitriles is 1. The van der Waals surface area contributed by atoms with E-state index < -0.39 is 33.4 Å². The highest BCUT2D eigenvalue weighted by atomic mass is 32.2. The van der Waals surface area contributed by atoms with E-state index in [0.717, 1.165) is 12.1 Å². The van der Waals surface area contributed by atoms with Gasteiger partial charge in [0, 0.05) is 5.69 Å². The summed E-state index contributed by atoms with van der Waals surface area (Å²) in [4.78, 5) is 12.5. The maximum absolute atomic E-state index is 12.6. The molecule has 0 aromatic heterocycles. The number of esters is 1. The van der Waals surface area contributed by atoms with Gasteiger partial charge in [-0.25, -0.2) is 4.79 Å². The third kappa shape index (κ3) is 5.64. The molecule has 0 spiro atoms. The van der Waals surface area contributed by atoms with E-state index in [1.54, 1.807) is 6.92 Å². The van der Waals surface area contributed by atoms with Gasteiger partial charge in [-0.3, -0.25) is 0 Å². The number of benzene rings is 2. The average Bonchev–Trinajstić information content (AvgIpc) is 2.65. The van der Waals surface area contributed by atoms with E-state index in [1.807, 2.05) is 6.07 Å². The van der Waals surface area contributed by atoms with Crippen molar-refractivity contribution >= 4 is 21.8 Å². The van der Waals surface area contributed by atoms with Crippen molar-refractivity contribution in [3.8, 4) is 11.8 Å². The lowest BCUT2D eigenvalue weighted by Crippen LogP contribution is -2.28. The van der Waals surface area contributed by atoms with Gasteiger partial charge in [0.05, 0.1) is 18.2 Å². The minimum Gasteiger partial charge on any atom is -0.464 e. The first-order valence-corrected chi connectivity index (χ1v) is 9.93. The molecule has 1 N–H and O–H groups in total. The third-order valence-electron chi connectivity index (χ3n) is 3.74. The third-order valence-corrected chi connectivity index (χ3v) is 4.72. The zero-order valence-electron chi connectivity index (χ0n) is 15.9. The Morgan fingerprint density at radius 1 is 1.20 bits per heavy atom. The van der Waals surface area contributed by atoms with Gasteiger partial charge in [-0.1, -0.05) is 6.07 Å². The summed E-state index contributed by atoms with van der Waals surface area (Å²) in [6.45, 7) is 3.12. The molecule has 0 saturated heterocycles. The fraction of sp³-hybridized carbons (Fsp3) is 0.263. The van der Waals surface area contributed by atoms with Crippen molar-refractivity contribution in [1.29, 1.82) is 5.26 Å². The minimum absolute atomic E-state index is 0.0437. The van der Waals surface area contributed by atoms with Crippen LogP contribution in [0.2, 0.25) is 0 Å². The maximum Gasteiger partial charge on any atom is 0.534 e. The van der Waals surface area contributed by atoms with Crippen LogP contribution in [0.5, 0.6) is 5.75 Å². The lowest BCUT2D eigenvalue weighted by Gasteiger charge is -2.20. The molecule has 30 heavy (non-hydrogen) atoms. The van der Waals surface area contributed by atoms with E-state index in [1.165, 1.54) is 37.3 Å². The quantitative estimate of drug-likeness (QED) is 0.395. The van der Waals surface area contributed by atoms with Crippen molar-refractivity contribution in [2.75, 3.05) is 11.9 Å². The van der Waals surface area contributed by atoms with Crippen molar-refractivity contribution in [2.24, 2.45) is 0 Å². The van der Waals surface area contributed by atoms with Gasteiger partial charge in [-0.2, -0.15) is 26.9 Å². The van der Waals surface area contributed by atoms with Gasteiger partial charge in [-0.05, 0) is 61.4 Å². The molecule has 0 amide bonds. The molecular weight excluding hydrogens is 425 g/mol. The number of alkyl halides is 3. The molecule has 0 aliphatic carbocycles. The lowest BCUT2D eigenvalue weighted by atomic mass is 10.0. The van der Waals surface area contributed by atoms with Gasteiger partial charge in [0.25, 0.3) is 0 Å². The number of hydrogen-bond donors (Lipinski definition) is 1. The summed E-state index contributed by atoms with van der Waals surface area (Å²) in [5, 5.41) is 11.7. The second-order valence-corrected chi connectivity index (χ2v) is 7.62. The van der Waals surface area contributed by atoms with Crippen LogP contribution < -0.4 is 9.50 Å². The van der Waals surface area contributed by atoms with E-state index in [0.29, 0.717) is 16.8 Å². The molecule has 2 aromatic carbocycles. The highest BCUT2D eigenvalue weighted by Gasteiger charge is 2.48. The number of carbonyl (C=O) groups excluding carboxylic acids is 1. The van der Waals surface area contributed by atoms with Gasteiger partial charge in [0.2, 0.25) is 0 Å². The van der Waals surface area contributed by atoms with Crippen LogP contribution in [-0.4, -0.2) is 26.5 Å². The topological polar surface area (TPSA) is 105 Å². The van der Waals surface area contributed by atoms with Crippen molar-refractivity contribution in [3.63, 3.8) is 0 Å². The van der Waals surface area contributed by atoms with Crippen LogP contribution in [0.4, 0.5) is 18.9 Å². The van der Waals surface area contributed by atoms with Crippen LogP contribution in [0.25, 0.3) is 0 Å². The first-order valence-electron chi connectivity index (χ1n) is 8.52. The number of nitrogens with zero attached hydrogens (tertiary/aromatic N) is 1. The second kappa shape index (κ2) is 9.04. The number of anilines is 1. The summed E-state index contributed by atoms with van der Waals surface area (Å²) in [7, 11) is -5.87. The standard InChI is InChI=1S/C19H17F3N2O5S/c1-3-28-18(25)17(24-15-6-4-13(11-23)5-7-15)14-8-12(2)9-16(10-14)29-30(26,27)19(20,21)22/h4-10,17,24H,3H2,1-2H3. The monoisotopic (exact) mass is 442 g/mol. The van der Waals surface area contributed by atoms with Crippen LogP contribution in [0.3, 0.4) is 0 Å². The van der Waals surface area contributed by atoms with Crippen molar-refractivity contribution < 1.29 is 35.3 Å². The second-order valence-electron chi connectivity index (χ2n) is 6.08. The van der Waals surface area contributed by atoms with Crippen LogP contribution in [0.15, 0.2) is 42.5 Å². The highest BCUT2D eigenvalue weighted by molar-refractivity contribution is 7.88. The number of nitrogens with one attached hydrogen (secondary N) is 1. The zero-order valence-corrected chi connectivity index (χ0v) is 16.7. The molecule has 2 aromatic rings. The SMILES string of the molecule is CCOC(=O)C(Nc1ccc(C#N)cc1)c1cc(C)cc(OS(=O)(=O)C(F)(F)F)c1. The van der Waals surface area contributed by atoms with Gasteiger partial charge in [0.15, 0.2) is 6.04 Å². The van der Waals surface area contributed by atoms with Crippen LogP contribution in [0.1, 0.15) is 29.7 Å². The number of hydrogen-bond acceptors (Lipinski definition) is 7. The summed E-state index contributed by atoms with van der Waals surface area (Å²) < 4.78 is 69.8. The highest BCUT2D eigenvalue weighted by Crippen LogP contribution is 2.31. The number of aryl methyl sites for hydroxylation is 1. The molecule has 11 heteroatoms. The summed E-state index contributed by atoms with van der Waals surface area (Å²) in [5.74, 6) is -1.34. The van der Waals surface area contributed by atoms with Crippen molar-refractivity contribution in [2.45, 2.75) is 25.4 Å². The van der Waals surface area contributed by atoms with E-state index >= 15 is 0 Å². The van der Waals surface area contributed by atoms with E-state index in [-0.39, 0.29) is 12.2 Å². The fourth-order valence-corrected chi connectivity index (χ4v) is 2.92. The fourth-order valence-electron chi connectivity index (χ4n) is 2.48. The Morgan fingerprint density at radius 2 is 1.83 bits per heavy atom. The van der Waals surface area contributed by atoms with E-state index in [4.69, 9.17) is 10.00 Å². The maximum atomic E-state index is 12.6. The number of ether oxygens (including phenoxy) is 1. The molecule has 0 saturated carbocycles. The molecule has 0 radical (unpaired) electrons. The molecule has 0 aliphatic heterocycles. The summed E-state index contributed by atoms with van der Waals surface area (Å²) in [6.07, 6.45) is 0. The molecule has 0 bridgehead atoms. The summed E-state index contributed by atoms with van der Waals surface area (Å²) in [6, 6.07) is 10.4. The minimum atomic E-state index is -5.87. The van der Waals surface area contributed by atoms with E-state index in [9.17, 15) is 26.4 Å². The lowest BCUT2D eigenvalue weighted by molar-refractivity contribution is -0.144. The smallest absolute Gasteiger partial charge is 0.464 e. The average molecular weight is 442 g/mol. The predicted molar refractivity (Wildman–Crippen MR) is 101 cm³/mol. The first-order chi connectivity index (χ1) is 14.0. The Balaban J connectivity index is 2.43. The van der Waals surface area contributed by atoms with Gasteiger partial charge < -0.3 is 14.2 Å². The molecule has 1 unspecified atom stereocenters. The predicted octanol–water partition coefficient (Wildman–Crippen LogP) is 3.81. The molecular formula is C19H17F3N2O5S. The Labute approximate surface area is 171 Å². The Hall–Kier alpha value is -3.26. The number of halogens is 3.